The van der Waals surface area contributed by atoms with E-state index in [1.807, 2.05) is 0 Å². The summed E-state index contributed by atoms with van der Waals surface area (Å²) in [4.78, 5) is 0. The molecule has 17 heavy (non-hydrogen) atoms. The summed E-state index contributed by atoms with van der Waals surface area (Å²) in [6.45, 7) is 7.39. The highest BCUT2D eigenvalue weighted by Crippen LogP contribution is 2.18. The lowest BCUT2D eigenvalue weighted by Gasteiger charge is -2.33. The summed E-state index contributed by atoms with van der Waals surface area (Å²) in [6, 6.07) is 0.466. The quantitative estimate of drug-likeness (QED) is 0.787. The summed E-state index contributed by atoms with van der Waals surface area (Å²) in [6.07, 6.45) is 3.57. The fraction of sp³-hybridized carbons (Fsp3) is 1.00. The molecule has 2 fully saturated rings. The van der Waals surface area contributed by atoms with Gasteiger partial charge in [-0.15, -0.1) is 0 Å². The van der Waals surface area contributed by atoms with E-state index in [4.69, 9.17) is 14.2 Å². The number of hydrogen-bond donors (Lipinski definition) is 1. The molecule has 2 atom stereocenters. The highest BCUT2D eigenvalue weighted by atomic mass is 16.5. The van der Waals surface area contributed by atoms with Gasteiger partial charge in [0.2, 0.25) is 0 Å². The van der Waals surface area contributed by atoms with Crippen LogP contribution in [-0.4, -0.2) is 51.7 Å². The first-order chi connectivity index (χ1) is 8.40. The van der Waals surface area contributed by atoms with Gasteiger partial charge in [0.15, 0.2) is 0 Å². The van der Waals surface area contributed by atoms with Gasteiger partial charge in [0.05, 0.1) is 19.3 Å². The summed E-state index contributed by atoms with van der Waals surface area (Å²) in [7, 11) is 0. The summed E-state index contributed by atoms with van der Waals surface area (Å²) in [5.74, 6) is 0.674. The predicted octanol–water partition coefficient (Wildman–Crippen LogP) is 1.20. The van der Waals surface area contributed by atoms with Crippen LogP contribution in [0, 0.1) is 5.92 Å². The van der Waals surface area contributed by atoms with Gasteiger partial charge in [-0.3, -0.25) is 0 Å². The zero-order valence-electron chi connectivity index (χ0n) is 10.8. The average molecular weight is 243 g/mol. The van der Waals surface area contributed by atoms with Crippen molar-refractivity contribution in [3.63, 3.8) is 0 Å². The third-order valence-electron chi connectivity index (χ3n) is 3.66. The zero-order valence-corrected chi connectivity index (χ0v) is 10.8. The molecule has 0 spiro atoms. The van der Waals surface area contributed by atoms with E-state index >= 15 is 0 Å². The number of rotatable bonds is 5. The summed E-state index contributed by atoms with van der Waals surface area (Å²) in [5.41, 5.74) is 0. The second kappa shape index (κ2) is 7.31. The minimum absolute atomic E-state index is 0.228. The van der Waals surface area contributed by atoms with Crippen molar-refractivity contribution < 1.29 is 14.2 Å². The van der Waals surface area contributed by atoms with E-state index in [0.29, 0.717) is 12.0 Å². The molecule has 0 aromatic heterocycles. The van der Waals surface area contributed by atoms with E-state index in [1.165, 1.54) is 0 Å². The van der Waals surface area contributed by atoms with Crippen LogP contribution in [0.5, 0.6) is 0 Å². The Kier molecular flexibility index (Phi) is 5.71. The maximum Gasteiger partial charge on any atom is 0.0961 e. The van der Waals surface area contributed by atoms with Crippen LogP contribution < -0.4 is 5.32 Å². The fourth-order valence-corrected chi connectivity index (χ4v) is 2.54. The summed E-state index contributed by atoms with van der Waals surface area (Å²) < 4.78 is 16.9. The SMILES string of the molecule is CCNC1CCOCC1OCC1CCOCC1. The van der Waals surface area contributed by atoms with Gasteiger partial charge in [-0.2, -0.15) is 0 Å². The van der Waals surface area contributed by atoms with Crippen molar-refractivity contribution >= 4 is 0 Å². The largest absolute Gasteiger partial charge is 0.381 e. The molecule has 0 bridgehead atoms. The van der Waals surface area contributed by atoms with Gasteiger partial charge < -0.3 is 19.5 Å². The smallest absolute Gasteiger partial charge is 0.0961 e. The Bertz CT molecular complexity index is 205. The molecule has 2 aliphatic heterocycles. The molecule has 2 saturated heterocycles. The number of ether oxygens (including phenoxy) is 3. The maximum absolute atomic E-state index is 6.04. The minimum atomic E-state index is 0.228. The Morgan fingerprint density at radius 3 is 2.65 bits per heavy atom. The minimum Gasteiger partial charge on any atom is -0.381 e. The topological polar surface area (TPSA) is 39.7 Å². The molecule has 2 unspecified atom stereocenters. The molecule has 2 rings (SSSR count). The molecular formula is C13H25NO3. The van der Waals surface area contributed by atoms with E-state index in [9.17, 15) is 0 Å². The standard InChI is InChI=1S/C13H25NO3/c1-2-14-12-5-8-16-10-13(12)17-9-11-3-6-15-7-4-11/h11-14H,2-10H2,1H3. The van der Waals surface area contributed by atoms with Gasteiger partial charge in [0, 0.05) is 25.9 Å². The van der Waals surface area contributed by atoms with Gasteiger partial charge in [-0.25, -0.2) is 0 Å². The Morgan fingerprint density at radius 2 is 1.88 bits per heavy atom. The molecule has 0 saturated carbocycles. The van der Waals surface area contributed by atoms with Gasteiger partial charge in [0.25, 0.3) is 0 Å². The monoisotopic (exact) mass is 243 g/mol. The summed E-state index contributed by atoms with van der Waals surface area (Å²) in [5, 5.41) is 3.49. The van der Waals surface area contributed by atoms with Crippen molar-refractivity contribution in [3.8, 4) is 0 Å². The lowest BCUT2D eigenvalue weighted by atomic mass is 10.0. The Balaban J connectivity index is 1.71. The van der Waals surface area contributed by atoms with Crippen LogP contribution in [-0.2, 0) is 14.2 Å². The van der Waals surface area contributed by atoms with E-state index in [0.717, 1.165) is 58.8 Å². The molecule has 0 aromatic carbocycles. The van der Waals surface area contributed by atoms with Gasteiger partial charge >= 0.3 is 0 Å². The predicted molar refractivity (Wildman–Crippen MR) is 66.2 cm³/mol. The number of nitrogens with one attached hydrogen (secondary N) is 1. The Labute approximate surface area is 104 Å². The van der Waals surface area contributed by atoms with Crippen LogP contribution in [0.3, 0.4) is 0 Å². The first kappa shape index (κ1) is 13.3. The second-order valence-electron chi connectivity index (χ2n) is 4.96. The van der Waals surface area contributed by atoms with E-state index < -0.39 is 0 Å². The fourth-order valence-electron chi connectivity index (χ4n) is 2.54. The zero-order chi connectivity index (χ0) is 11.9. The van der Waals surface area contributed by atoms with Gasteiger partial charge in [-0.1, -0.05) is 6.92 Å². The van der Waals surface area contributed by atoms with E-state index in [-0.39, 0.29) is 6.10 Å². The average Bonchev–Trinajstić information content (AvgIpc) is 2.39. The lowest BCUT2D eigenvalue weighted by molar-refractivity contribution is -0.0859. The van der Waals surface area contributed by atoms with Crippen LogP contribution in [0.2, 0.25) is 0 Å². The molecule has 0 amide bonds. The molecule has 2 aliphatic rings. The van der Waals surface area contributed by atoms with Crippen LogP contribution in [0.15, 0.2) is 0 Å². The molecule has 0 aromatic rings. The second-order valence-corrected chi connectivity index (χ2v) is 4.96. The molecule has 4 heteroatoms. The Morgan fingerprint density at radius 1 is 1.12 bits per heavy atom. The highest BCUT2D eigenvalue weighted by Gasteiger charge is 2.26. The maximum atomic E-state index is 6.04. The molecule has 1 N–H and O–H groups in total. The highest BCUT2D eigenvalue weighted by molar-refractivity contribution is 4.80. The normalized spacial score (nSPS) is 31.6. The van der Waals surface area contributed by atoms with Crippen LogP contribution in [0.4, 0.5) is 0 Å². The van der Waals surface area contributed by atoms with Crippen LogP contribution in [0.1, 0.15) is 26.2 Å². The van der Waals surface area contributed by atoms with Crippen molar-refractivity contribution in [2.75, 3.05) is 39.6 Å². The van der Waals surface area contributed by atoms with Crippen LogP contribution in [0.25, 0.3) is 0 Å². The third kappa shape index (κ3) is 4.21. The lowest BCUT2D eigenvalue weighted by Crippen LogP contribution is -2.48. The third-order valence-corrected chi connectivity index (χ3v) is 3.66. The molecule has 4 nitrogen and oxygen atoms in total. The van der Waals surface area contributed by atoms with Crippen molar-refractivity contribution in [1.29, 1.82) is 0 Å². The van der Waals surface area contributed by atoms with Gasteiger partial charge in [-0.05, 0) is 31.7 Å². The molecule has 0 aliphatic carbocycles. The number of likely N-dealkylation sites (N-methyl/N-ethyl adjacent to an activating group) is 1. The van der Waals surface area contributed by atoms with Gasteiger partial charge in [0.1, 0.15) is 0 Å². The molecule has 100 valence electrons. The van der Waals surface area contributed by atoms with Crippen molar-refractivity contribution in [2.45, 2.75) is 38.3 Å². The van der Waals surface area contributed by atoms with E-state index in [1.54, 1.807) is 0 Å². The van der Waals surface area contributed by atoms with Crippen molar-refractivity contribution in [3.05, 3.63) is 0 Å². The number of hydrogen-bond acceptors (Lipinski definition) is 4. The summed E-state index contributed by atoms with van der Waals surface area (Å²) >= 11 is 0. The van der Waals surface area contributed by atoms with E-state index in [2.05, 4.69) is 12.2 Å². The molecule has 2 heterocycles. The first-order valence-electron chi connectivity index (χ1n) is 6.90. The van der Waals surface area contributed by atoms with Crippen LogP contribution >= 0.6 is 0 Å². The molecule has 0 radical (unpaired) electrons. The first-order valence-corrected chi connectivity index (χ1v) is 6.90. The van der Waals surface area contributed by atoms with Crippen molar-refractivity contribution in [1.82, 2.24) is 5.32 Å². The van der Waals surface area contributed by atoms with Crippen molar-refractivity contribution in [2.24, 2.45) is 5.92 Å². The Hall–Kier alpha value is -0.160. The molecular weight excluding hydrogens is 218 g/mol.